The Balaban J connectivity index is 1.82. The molecule has 0 saturated heterocycles. The van der Waals surface area contributed by atoms with Crippen molar-refractivity contribution in [2.45, 2.75) is 26.4 Å². The summed E-state index contributed by atoms with van der Waals surface area (Å²) in [5.41, 5.74) is 4.85. The Morgan fingerprint density at radius 3 is 2.74 bits per heavy atom. The molecule has 1 atom stereocenters. The molecule has 0 aromatic heterocycles. The summed E-state index contributed by atoms with van der Waals surface area (Å²) in [7, 11) is 3.65. The van der Waals surface area contributed by atoms with Crippen LogP contribution in [0.5, 0.6) is 5.75 Å². The molecule has 142 valence electrons. The number of hydrogen-bond donors (Lipinski definition) is 0. The summed E-state index contributed by atoms with van der Waals surface area (Å²) in [6.07, 6.45) is 2.33. The average molecular weight is 386 g/mol. The van der Waals surface area contributed by atoms with E-state index < -0.39 is 0 Å². The van der Waals surface area contributed by atoms with E-state index in [-0.39, 0.29) is 6.10 Å². The van der Waals surface area contributed by atoms with Crippen LogP contribution in [-0.2, 0) is 4.84 Å². The van der Waals surface area contributed by atoms with Gasteiger partial charge in [0.2, 0.25) is 0 Å². The molecule has 1 aliphatic rings. The summed E-state index contributed by atoms with van der Waals surface area (Å²) >= 11 is 5.97. The molecule has 0 fully saturated rings. The third-order valence-corrected chi connectivity index (χ3v) is 4.89. The highest BCUT2D eigenvalue weighted by Crippen LogP contribution is 2.38. The van der Waals surface area contributed by atoms with E-state index in [4.69, 9.17) is 21.2 Å². The molecule has 0 amide bonds. The molecule has 27 heavy (non-hydrogen) atoms. The quantitative estimate of drug-likeness (QED) is 0.511. The van der Waals surface area contributed by atoms with Crippen molar-refractivity contribution in [2.24, 2.45) is 10.1 Å². The first-order valence-corrected chi connectivity index (χ1v) is 9.31. The van der Waals surface area contributed by atoms with E-state index in [1.807, 2.05) is 55.5 Å². The van der Waals surface area contributed by atoms with Gasteiger partial charge in [-0.2, -0.15) is 0 Å². The zero-order chi connectivity index (χ0) is 19.4. The lowest BCUT2D eigenvalue weighted by atomic mass is 9.97. The van der Waals surface area contributed by atoms with Crippen molar-refractivity contribution >= 4 is 29.3 Å². The SMILES string of the molecule is CCN(C)C=Nc1cc(OC)c(C2CC(c3ccc(Cl)cc3)=NO2)cc1C. The monoisotopic (exact) mass is 385 g/mol. The lowest BCUT2D eigenvalue weighted by molar-refractivity contribution is 0.0836. The van der Waals surface area contributed by atoms with Crippen LogP contribution in [0.3, 0.4) is 0 Å². The van der Waals surface area contributed by atoms with Crippen molar-refractivity contribution in [2.75, 3.05) is 20.7 Å². The van der Waals surface area contributed by atoms with Gasteiger partial charge in [0.05, 0.1) is 24.8 Å². The van der Waals surface area contributed by atoms with Crippen LogP contribution in [0.4, 0.5) is 5.69 Å². The van der Waals surface area contributed by atoms with E-state index in [0.717, 1.165) is 40.4 Å². The van der Waals surface area contributed by atoms with Gasteiger partial charge in [-0.15, -0.1) is 0 Å². The Bertz CT molecular complexity index is 862. The standard InChI is InChI=1S/C21H24ClN3O2/c1-5-25(3)13-23-18-11-20(26-4)17(10-14(18)2)21-12-19(24-27-21)15-6-8-16(22)9-7-15/h6-11,13,21H,5,12H2,1-4H3. The van der Waals surface area contributed by atoms with Crippen molar-refractivity contribution in [3.8, 4) is 5.75 Å². The first-order valence-electron chi connectivity index (χ1n) is 8.93. The number of aryl methyl sites for hydroxylation is 1. The van der Waals surface area contributed by atoms with Gasteiger partial charge in [-0.05, 0) is 43.2 Å². The maximum absolute atomic E-state index is 5.97. The average Bonchev–Trinajstić information content (AvgIpc) is 3.17. The highest BCUT2D eigenvalue weighted by atomic mass is 35.5. The molecule has 3 rings (SSSR count). The Kier molecular flexibility index (Phi) is 6.01. The fourth-order valence-electron chi connectivity index (χ4n) is 2.87. The summed E-state index contributed by atoms with van der Waals surface area (Å²) in [6.45, 7) is 5.02. The van der Waals surface area contributed by atoms with E-state index in [1.54, 1.807) is 7.11 Å². The molecule has 0 spiro atoms. The predicted octanol–water partition coefficient (Wildman–Crippen LogP) is 5.13. The predicted molar refractivity (Wildman–Crippen MR) is 111 cm³/mol. The summed E-state index contributed by atoms with van der Waals surface area (Å²) < 4.78 is 5.61. The molecule has 0 N–H and O–H groups in total. The molecule has 2 aromatic rings. The molecular weight excluding hydrogens is 362 g/mol. The summed E-state index contributed by atoms with van der Waals surface area (Å²) in [6, 6.07) is 11.7. The molecule has 5 nitrogen and oxygen atoms in total. The van der Waals surface area contributed by atoms with Crippen molar-refractivity contribution < 1.29 is 9.57 Å². The van der Waals surface area contributed by atoms with Crippen molar-refractivity contribution in [3.63, 3.8) is 0 Å². The minimum atomic E-state index is -0.180. The molecule has 1 aliphatic heterocycles. The van der Waals surface area contributed by atoms with Crippen molar-refractivity contribution in [1.82, 2.24) is 4.90 Å². The molecule has 0 radical (unpaired) electrons. The van der Waals surface area contributed by atoms with Crippen LogP contribution in [0.1, 0.15) is 36.1 Å². The smallest absolute Gasteiger partial charge is 0.161 e. The number of halogens is 1. The van der Waals surface area contributed by atoms with Gasteiger partial charge >= 0.3 is 0 Å². The van der Waals surface area contributed by atoms with Gasteiger partial charge in [-0.1, -0.05) is 28.9 Å². The van der Waals surface area contributed by atoms with Gasteiger partial charge in [0.1, 0.15) is 5.75 Å². The second-order valence-electron chi connectivity index (χ2n) is 6.54. The van der Waals surface area contributed by atoms with E-state index in [9.17, 15) is 0 Å². The van der Waals surface area contributed by atoms with E-state index in [1.165, 1.54) is 0 Å². The van der Waals surface area contributed by atoms with Crippen LogP contribution in [-0.4, -0.2) is 37.7 Å². The number of methoxy groups -OCH3 is 1. The first kappa shape index (κ1) is 19.2. The largest absolute Gasteiger partial charge is 0.496 e. The molecule has 1 heterocycles. The number of benzene rings is 2. The normalized spacial score (nSPS) is 16.3. The van der Waals surface area contributed by atoms with E-state index in [2.05, 4.69) is 23.1 Å². The number of oxime groups is 1. The van der Waals surface area contributed by atoms with Gasteiger partial charge in [-0.25, -0.2) is 4.99 Å². The second kappa shape index (κ2) is 8.44. The lowest BCUT2D eigenvalue weighted by Crippen LogP contribution is -2.14. The Labute approximate surface area is 165 Å². The second-order valence-corrected chi connectivity index (χ2v) is 6.98. The van der Waals surface area contributed by atoms with Gasteiger partial charge in [0.25, 0.3) is 0 Å². The van der Waals surface area contributed by atoms with Crippen molar-refractivity contribution in [1.29, 1.82) is 0 Å². The lowest BCUT2D eigenvalue weighted by Gasteiger charge is -2.16. The number of nitrogens with zero attached hydrogens (tertiary/aromatic N) is 3. The molecule has 0 aliphatic carbocycles. The number of rotatable bonds is 6. The topological polar surface area (TPSA) is 46.4 Å². The fourth-order valence-corrected chi connectivity index (χ4v) is 2.99. The highest BCUT2D eigenvalue weighted by Gasteiger charge is 2.27. The summed E-state index contributed by atoms with van der Waals surface area (Å²) in [5.74, 6) is 0.754. The fraction of sp³-hybridized carbons (Fsp3) is 0.333. The molecule has 6 heteroatoms. The number of hydrogen-bond acceptors (Lipinski definition) is 4. The minimum Gasteiger partial charge on any atom is -0.496 e. The Morgan fingerprint density at radius 2 is 2.07 bits per heavy atom. The van der Waals surface area contributed by atoms with Crippen LogP contribution in [0.2, 0.25) is 5.02 Å². The Morgan fingerprint density at radius 1 is 1.33 bits per heavy atom. The molecule has 0 saturated carbocycles. The van der Waals surface area contributed by atoms with E-state index in [0.29, 0.717) is 11.4 Å². The van der Waals surface area contributed by atoms with Crippen LogP contribution >= 0.6 is 11.6 Å². The Hall–Kier alpha value is -2.53. The van der Waals surface area contributed by atoms with Crippen LogP contribution in [0.25, 0.3) is 0 Å². The number of ether oxygens (including phenoxy) is 1. The maximum Gasteiger partial charge on any atom is 0.161 e. The third-order valence-electron chi connectivity index (χ3n) is 4.63. The zero-order valence-corrected chi connectivity index (χ0v) is 16.8. The first-order chi connectivity index (χ1) is 13.0. The van der Waals surface area contributed by atoms with Gasteiger partial charge in [0.15, 0.2) is 6.10 Å². The highest BCUT2D eigenvalue weighted by molar-refractivity contribution is 6.30. The van der Waals surface area contributed by atoms with Gasteiger partial charge in [0, 0.05) is 36.7 Å². The van der Waals surface area contributed by atoms with Crippen LogP contribution in [0.15, 0.2) is 46.5 Å². The third kappa shape index (κ3) is 4.42. The van der Waals surface area contributed by atoms with Crippen LogP contribution < -0.4 is 4.74 Å². The van der Waals surface area contributed by atoms with Crippen LogP contribution in [0, 0.1) is 6.92 Å². The summed E-state index contributed by atoms with van der Waals surface area (Å²) in [4.78, 5) is 12.3. The van der Waals surface area contributed by atoms with Gasteiger partial charge < -0.3 is 14.5 Å². The molecular formula is C21H24ClN3O2. The molecule has 0 bridgehead atoms. The maximum atomic E-state index is 5.97. The minimum absolute atomic E-state index is 0.180. The van der Waals surface area contributed by atoms with Crippen molar-refractivity contribution in [3.05, 3.63) is 58.1 Å². The molecule has 2 aromatic carbocycles. The summed E-state index contributed by atoms with van der Waals surface area (Å²) in [5, 5.41) is 4.98. The zero-order valence-electron chi connectivity index (χ0n) is 16.1. The van der Waals surface area contributed by atoms with E-state index >= 15 is 0 Å². The number of aliphatic imine (C=N–C) groups is 1. The molecule has 1 unspecified atom stereocenters. The van der Waals surface area contributed by atoms with Gasteiger partial charge in [-0.3, -0.25) is 0 Å².